The fourth-order valence-electron chi connectivity index (χ4n) is 3.35. The third kappa shape index (κ3) is 5.30. The van der Waals surface area contributed by atoms with Crippen LogP contribution in [0, 0.1) is 5.92 Å². The average molecular weight is 354 g/mol. The van der Waals surface area contributed by atoms with Gasteiger partial charge >= 0.3 is 0 Å². The van der Waals surface area contributed by atoms with E-state index in [4.69, 9.17) is 4.74 Å². The van der Waals surface area contributed by atoms with E-state index in [1.807, 2.05) is 0 Å². The molecule has 0 amide bonds. The number of nitrogens with one attached hydrogen (secondary N) is 1. The lowest BCUT2D eigenvalue weighted by Crippen LogP contribution is -2.31. The largest absolute Gasteiger partial charge is 0.496 e. The third-order valence-electron chi connectivity index (χ3n) is 4.46. The molecule has 0 aliphatic heterocycles. The lowest BCUT2D eigenvalue weighted by atomic mass is 9.91. The molecule has 1 N–H and O–H groups in total. The highest BCUT2D eigenvalue weighted by Gasteiger charge is 2.20. The summed E-state index contributed by atoms with van der Waals surface area (Å²) in [6, 6.07) is 7.23. The van der Waals surface area contributed by atoms with Crippen LogP contribution in [0.3, 0.4) is 0 Å². The highest BCUT2D eigenvalue weighted by atomic mass is 79.9. The van der Waals surface area contributed by atoms with E-state index in [2.05, 4.69) is 46.4 Å². The zero-order valence-electron chi connectivity index (χ0n) is 13.3. The maximum absolute atomic E-state index is 5.31. The van der Waals surface area contributed by atoms with Gasteiger partial charge in [0.1, 0.15) is 5.75 Å². The van der Waals surface area contributed by atoms with Gasteiger partial charge in [0.25, 0.3) is 0 Å². The number of methoxy groups -OCH3 is 1. The molecule has 21 heavy (non-hydrogen) atoms. The zero-order valence-corrected chi connectivity index (χ0v) is 14.9. The normalized spacial score (nSPS) is 22.8. The van der Waals surface area contributed by atoms with Gasteiger partial charge < -0.3 is 10.1 Å². The predicted molar refractivity (Wildman–Crippen MR) is 93.1 cm³/mol. The van der Waals surface area contributed by atoms with Gasteiger partial charge in [-0.05, 0) is 71.8 Å². The molecule has 1 fully saturated rings. The molecule has 0 aromatic heterocycles. The molecule has 0 saturated heterocycles. The van der Waals surface area contributed by atoms with Crippen molar-refractivity contribution < 1.29 is 4.74 Å². The Kier molecular flexibility index (Phi) is 7.05. The first-order valence-electron chi connectivity index (χ1n) is 8.28. The molecular weight excluding hydrogens is 326 g/mol. The van der Waals surface area contributed by atoms with Gasteiger partial charge in [-0.1, -0.05) is 32.3 Å². The number of rotatable bonds is 6. The fraction of sp³-hybridized carbons (Fsp3) is 0.667. The van der Waals surface area contributed by atoms with Gasteiger partial charge in [0.15, 0.2) is 0 Å². The van der Waals surface area contributed by atoms with Crippen LogP contribution in [-0.2, 0) is 6.42 Å². The standard InChI is InChI=1S/C18H28BrNO/c1-3-10-20-16-7-5-4-6-14(12-16)11-15-8-9-18(21-2)17(19)13-15/h8-9,13-14,16,20H,3-7,10-12H2,1-2H3. The van der Waals surface area contributed by atoms with E-state index in [-0.39, 0.29) is 0 Å². The van der Waals surface area contributed by atoms with Gasteiger partial charge in [-0.25, -0.2) is 0 Å². The summed E-state index contributed by atoms with van der Waals surface area (Å²) in [5.41, 5.74) is 1.42. The summed E-state index contributed by atoms with van der Waals surface area (Å²) in [5, 5.41) is 3.73. The van der Waals surface area contributed by atoms with Crippen molar-refractivity contribution in [1.82, 2.24) is 5.32 Å². The van der Waals surface area contributed by atoms with E-state index in [1.54, 1.807) is 7.11 Å². The lowest BCUT2D eigenvalue weighted by molar-refractivity contribution is 0.383. The molecule has 0 radical (unpaired) electrons. The Hall–Kier alpha value is -0.540. The molecule has 2 atom stereocenters. The van der Waals surface area contributed by atoms with Crippen molar-refractivity contribution in [2.24, 2.45) is 5.92 Å². The molecule has 1 aliphatic carbocycles. The molecule has 3 heteroatoms. The summed E-state index contributed by atoms with van der Waals surface area (Å²) in [7, 11) is 1.72. The van der Waals surface area contributed by atoms with Crippen LogP contribution in [0.25, 0.3) is 0 Å². The van der Waals surface area contributed by atoms with Gasteiger partial charge in [-0.3, -0.25) is 0 Å². The zero-order chi connectivity index (χ0) is 15.1. The highest BCUT2D eigenvalue weighted by molar-refractivity contribution is 9.10. The van der Waals surface area contributed by atoms with Gasteiger partial charge in [-0.15, -0.1) is 0 Å². The second-order valence-electron chi connectivity index (χ2n) is 6.21. The van der Waals surface area contributed by atoms with E-state index < -0.39 is 0 Å². The van der Waals surface area contributed by atoms with Crippen LogP contribution in [0.15, 0.2) is 22.7 Å². The molecule has 2 nitrogen and oxygen atoms in total. The Bertz CT molecular complexity index is 435. The van der Waals surface area contributed by atoms with Crippen LogP contribution < -0.4 is 10.1 Å². The lowest BCUT2D eigenvalue weighted by Gasteiger charge is -2.21. The minimum atomic E-state index is 0.721. The molecule has 2 rings (SSSR count). The molecule has 1 aromatic rings. The number of ether oxygens (including phenoxy) is 1. The minimum absolute atomic E-state index is 0.721. The molecular formula is C18H28BrNO. The summed E-state index contributed by atoms with van der Waals surface area (Å²) in [4.78, 5) is 0. The smallest absolute Gasteiger partial charge is 0.133 e. The van der Waals surface area contributed by atoms with E-state index >= 15 is 0 Å². The molecule has 0 bridgehead atoms. The van der Waals surface area contributed by atoms with Gasteiger partial charge in [-0.2, -0.15) is 0 Å². The van der Waals surface area contributed by atoms with Crippen molar-refractivity contribution in [3.63, 3.8) is 0 Å². The summed E-state index contributed by atoms with van der Waals surface area (Å²) in [6.07, 6.45) is 9.22. The number of benzene rings is 1. The van der Waals surface area contributed by atoms with E-state index in [1.165, 1.54) is 50.5 Å². The maximum atomic E-state index is 5.31. The maximum Gasteiger partial charge on any atom is 0.133 e. The molecule has 118 valence electrons. The van der Waals surface area contributed by atoms with Gasteiger partial charge in [0, 0.05) is 6.04 Å². The second kappa shape index (κ2) is 8.79. The topological polar surface area (TPSA) is 21.3 Å². The Balaban J connectivity index is 1.95. The minimum Gasteiger partial charge on any atom is -0.496 e. The highest BCUT2D eigenvalue weighted by Crippen LogP contribution is 2.30. The summed E-state index contributed by atoms with van der Waals surface area (Å²) >= 11 is 3.60. The van der Waals surface area contributed by atoms with E-state index in [0.29, 0.717) is 0 Å². The Labute approximate surface area is 137 Å². The molecule has 0 spiro atoms. The second-order valence-corrected chi connectivity index (χ2v) is 7.06. The van der Waals surface area contributed by atoms with Crippen molar-refractivity contribution in [3.05, 3.63) is 28.2 Å². The third-order valence-corrected chi connectivity index (χ3v) is 5.08. The fourth-order valence-corrected chi connectivity index (χ4v) is 3.94. The van der Waals surface area contributed by atoms with Crippen molar-refractivity contribution in [2.45, 2.75) is 57.9 Å². The van der Waals surface area contributed by atoms with E-state index in [9.17, 15) is 0 Å². The van der Waals surface area contributed by atoms with Crippen molar-refractivity contribution in [3.8, 4) is 5.75 Å². The average Bonchev–Trinajstić information content (AvgIpc) is 2.70. The Morgan fingerprint density at radius 1 is 1.29 bits per heavy atom. The quantitative estimate of drug-likeness (QED) is 0.730. The summed E-state index contributed by atoms with van der Waals surface area (Å²) < 4.78 is 6.38. The van der Waals surface area contributed by atoms with Crippen LogP contribution >= 0.6 is 15.9 Å². The molecule has 1 aliphatic rings. The van der Waals surface area contributed by atoms with Gasteiger partial charge in [0.2, 0.25) is 0 Å². The van der Waals surface area contributed by atoms with Crippen molar-refractivity contribution in [1.29, 1.82) is 0 Å². The Morgan fingerprint density at radius 3 is 2.81 bits per heavy atom. The number of hydrogen-bond donors (Lipinski definition) is 1. The Morgan fingerprint density at radius 2 is 2.10 bits per heavy atom. The predicted octanol–water partition coefficient (Wildman–Crippen LogP) is 4.95. The SMILES string of the molecule is CCCNC1CCCCC(Cc2ccc(OC)c(Br)c2)C1. The molecule has 0 heterocycles. The van der Waals surface area contributed by atoms with Crippen LogP contribution in [-0.4, -0.2) is 19.7 Å². The van der Waals surface area contributed by atoms with E-state index in [0.717, 1.165) is 28.7 Å². The van der Waals surface area contributed by atoms with Crippen LogP contribution in [0.1, 0.15) is 51.0 Å². The summed E-state index contributed by atoms with van der Waals surface area (Å²) in [6.45, 7) is 3.40. The molecule has 1 aromatic carbocycles. The monoisotopic (exact) mass is 353 g/mol. The molecule has 2 unspecified atom stereocenters. The van der Waals surface area contributed by atoms with Crippen molar-refractivity contribution in [2.75, 3.05) is 13.7 Å². The first-order chi connectivity index (χ1) is 10.2. The first kappa shape index (κ1) is 16.8. The molecule has 1 saturated carbocycles. The number of hydrogen-bond acceptors (Lipinski definition) is 2. The van der Waals surface area contributed by atoms with Gasteiger partial charge in [0.05, 0.1) is 11.6 Å². The van der Waals surface area contributed by atoms with Crippen LogP contribution in [0.4, 0.5) is 0 Å². The number of halogens is 1. The van der Waals surface area contributed by atoms with Crippen molar-refractivity contribution >= 4 is 15.9 Å². The van der Waals surface area contributed by atoms with Crippen LogP contribution in [0.2, 0.25) is 0 Å². The van der Waals surface area contributed by atoms with Crippen LogP contribution in [0.5, 0.6) is 5.75 Å². The first-order valence-corrected chi connectivity index (χ1v) is 9.08. The summed E-state index contributed by atoms with van der Waals surface area (Å²) in [5.74, 6) is 1.73.